The van der Waals surface area contributed by atoms with Crippen molar-refractivity contribution in [2.45, 2.75) is 0 Å². The van der Waals surface area contributed by atoms with Crippen molar-refractivity contribution in [3.8, 4) is 11.1 Å². The van der Waals surface area contributed by atoms with E-state index >= 15 is 0 Å². The number of nitrogens with two attached hydrogens (primary N) is 1. The second kappa shape index (κ2) is 3.63. The summed E-state index contributed by atoms with van der Waals surface area (Å²) in [6.07, 6.45) is 2.02. The molecule has 3 aromatic rings. The minimum atomic E-state index is 0.780. The summed E-state index contributed by atoms with van der Waals surface area (Å²) in [5.41, 5.74) is 9.79. The maximum Gasteiger partial charge on any atom is 0.100 e. The number of nitrogen functional groups attached to an aromatic ring is 1. The largest absolute Gasteiger partial charge is 0.399 e. The predicted octanol–water partition coefficient (Wildman–Crippen LogP) is 2.82. The number of anilines is 1. The topological polar surface area (TPSA) is 43.8 Å². The Balaban J connectivity index is 2.26. The van der Waals surface area contributed by atoms with Gasteiger partial charge in [0, 0.05) is 29.9 Å². The lowest BCUT2D eigenvalue weighted by Crippen LogP contribution is -1.87. The van der Waals surface area contributed by atoms with E-state index in [2.05, 4.69) is 23.3 Å². The van der Waals surface area contributed by atoms with Gasteiger partial charge in [0.05, 0.1) is 0 Å². The molecule has 3 nitrogen and oxygen atoms in total. The third-order valence-corrected chi connectivity index (χ3v) is 2.87. The van der Waals surface area contributed by atoms with Gasteiger partial charge in [-0.15, -0.1) is 0 Å². The summed E-state index contributed by atoms with van der Waals surface area (Å²) >= 11 is 0. The van der Waals surface area contributed by atoms with Crippen molar-refractivity contribution in [2.75, 3.05) is 5.73 Å². The smallest absolute Gasteiger partial charge is 0.100 e. The van der Waals surface area contributed by atoms with E-state index in [4.69, 9.17) is 5.73 Å². The Bertz CT molecular complexity index is 666. The summed E-state index contributed by atoms with van der Waals surface area (Å²) in [5, 5.41) is 5.65. The predicted molar refractivity (Wildman–Crippen MR) is 70.6 cm³/mol. The van der Waals surface area contributed by atoms with Gasteiger partial charge in [-0.05, 0) is 17.7 Å². The van der Waals surface area contributed by atoms with Crippen LogP contribution in [0.5, 0.6) is 0 Å². The van der Waals surface area contributed by atoms with E-state index in [9.17, 15) is 0 Å². The van der Waals surface area contributed by atoms with E-state index in [1.807, 2.05) is 42.2 Å². The van der Waals surface area contributed by atoms with Crippen molar-refractivity contribution in [3.63, 3.8) is 0 Å². The molecule has 0 amide bonds. The molecule has 17 heavy (non-hydrogen) atoms. The molecule has 0 aliphatic heterocycles. The number of fused-ring (bicyclic) bond motifs is 1. The number of nitrogens with zero attached hydrogens (tertiary/aromatic N) is 2. The van der Waals surface area contributed by atoms with Gasteiger partial charge in [-0.3, -0.25) is 4.68 Å². The highest BCUT2D eigenvalue weighted by atomic mass is 15.2. The molecule has 0 aliphatic rings. The van der Waals surface area contributed by atoms with Gasteiger partial charge in [-0.2, -0.15) is 5.10 Å². The molecule has 0 radical (unpaired) electrons. The first-order chi connectivity index (χ1) is 8.24. The van der Waals surface area contributed by atoms with Gasteiger partial charge >= 0.3 is 0 Å². The molecular weight excluding hydrogens is 210 g/mol. The molecule has 0 saturated heterocycles. The van der Waals surface area contributed by atoms with Gasteiger partial charge in [0.15, 0.2) is 0 Å². The molecule has 0 bridgehead atoms. The highest BCUT2D eigenvalue weighted by molar-refractivity contribution is 5.93. The SMILES string of the molecule is Cn1cc2cccc(-c3ccc(N)cc3)c2n1. The van der Waals surface area contributed by atoms with Crippen molar-refractivity contribution in [1.29, 1.82) is 0 Å². The van der Waals surface area contributed by atoms with Crippen LogP contribution in [0.3, 0.4) is 0 Å². The van der Waals surface area contributed by atoms with E-state index in [1.165, 1.54) is 0 Å². The summed E-state index contributed by atoms with van der Waals surface area (Å²) in [5.74, 6) is 0. The van der Waals surface area contributed by atoms with Gasteiger partial charge in [0.1, 0.15) is 5.52 Å². The molecule has 0 unspecified atom stereocenters. The van der Waals surface area contributed by atoms with Crippen molar-refractivity contribution in [1.82, 2.24) is 9.78 Å². The van der Waals surface area contributed by atoms with E-state index in [0.717, 1.165) is 27.7 Å². The van der Waals surface area contributed by atoms with Crippen LogP contribution >= 0.6 is 0 Å². The molecule has 0 fully saturated rings. The lowest BCUT2D eigenvalue weighted by Gasteiger charge is -2.02. The number of hydrogen-bond acceptors (Lipinski definition) is 2. The first-order valence-corrected chi connectivity index (χ1v) is 5.52. The standard InChI is InChI=1S/C14H13N3/c1-17-9-11-3-2-4-13(14(11)16-17)10-5-7-12(15)8-6-10/h2-9H,15H2,1H3. The maximum atomic E-state index is 5.70. The molecule has 0 atom stereocenters. The summed E-state index contributed by atoms with van der Waals surface area (Å²) in [6, 6.07) is 14.1. The van der Waals surface area contributed by atoms with Crippen LogP contribution in [-0.4, -0.2) is 9.78 Å². The Morgan fingerprint density at radius 1 is 1.06 bits per heavy atom. The average Bonchev–Trinajstić information content (AvgIpc) is 2.70. The summed E-state index contributed by atoms with van der Waals surface area (Å²) < 4.78 is 1.84. The third kappa shape index (κ3) is 1.65. The summed E-state index contributed by atoms with van der Waals surface area (Å²) in [7, 11) is 1.94. The van der Waals surface area contributed by atoms with E-state index in [1.54, 1.807) is 0 Å². The zero-order valence-corrected chi connectivity index (χ0v) is 9.59. The van der Waals surface area contributed by atoms with Crippen molar-refractivity contribution < 1.29 is 0 Å². The zero-order chi connectivity index (χ0) is 11.8. The van der Waals surface area contributed by atoms with Crippen LogP contribution < -0.4 is 5.73 Å². The minimum absolute atomic E-state index is 0.780. The van der Waals surface area contributed by atoms with Crippen LogP contribution in [0.2, 0.25) is 0 Å². The number of rotatable bonds is 1. The Kier molecular flexibility index (Phi) is 2.11. The van der Waals surface area contributed by atoms with Gasteiger partial charge < -0.3 is 5.73 Å². The normalized spacial score (nSPS) is 10.9. The summed E-state index contributed by atoms with van der Waals surface area (Å²) in [6.45, 7) is 0. The van der Waals surface area contributed by atoms with E-state index in [0.29, 0.717) is 0 Å². The molecule has 1 heterocycles. The van der Waals surface area contributed by atoms with Crippen LogP contribution in [0, 0.1) is 0 Å². The molecule has 0 spiro atoms. The van der Waals surface area contributed by atoms with E-state index in [-0.39, 0.29) is 0 Å². The molecule has 2 N–H and O–H groups in total. The van der Waals surface area contributed by atoms with E-state index < -0.39 is 0 Å². The average molecular weight is 223 g/mol. The first-order valence-electron chi connectivity index (χ1n) is 5.52. The number of hydrogen-bond donors (Lipinski definition) is 1. The van der Waals surface area contributed by atoms with Crippen molar-refractivity contribution in [2.24, 2.45) is 7.05 Å². The fraction of sp³-hybridized carbons (Fsp3) is 0.0714. The Labute approximate surface area is 99.5 Å². The second-order valence-corrected chi connectivity index (χ2v) is 4.17. The quantitative estimate of drug-likeness (QED) is 0.645. The fourth-order valence-corrected chi connectivity index (χ4v) is 2.06. The number of aryl methyl sites for hydroxylation is 1. The Morgan fingerprint density at radius 3 is 2.59 bits per heavy atom. The molecule has 84 valence electrons. The van der Waals surface area contributed by atoms with Crippen LogP contribution in [0.15, 0.2) is 48.7 Å². The van der Waals surface area contributed by atoms with Crippen LogP contribution in [0.4, 0.5) is 5.69 Å². The monoisotopic (exact) mass is 223 g/mol. The number of aromatic nitrogens is 2. The van der Waals surface area contributed by atoms with Gasteiger partial charge in [0.2, 0.25) is 0 Å². The van der Waals surface area contributed by atoms with Gasteiger partial charge in [0.25, 0.3) is 0 Å². The molecule has 0 aliphatic carbocycles. The molecule has 2 aromatic carbocycles. The van der Waals surface area contributed by atoms with Crippen LogP contribution in [-0.2, 0) is 7.05 Å². The lowest BCUT2D eigenvalue weighted by atomic mass is 10.0. The van der Waals surface area contributed by atoms with Gasteiger partial charge in [-0.25, -0.2) is 0 Å². The maximum absolute atomic E-state index is 5.70. The zero-order valence-electron chi connectivity index (χ0n) is 9.59. The Morgan fingerprint density at radius 2 is 1.82 bits per heavy atom. The minimum Gasteiger partial charge on any atom is -0.399 e. The van der Waals surface area contributed by atoms with Gasteiger partial charge in [-0.1, -0.05) is 30.3 Å². The molecule has 3 rings (SSSR count). The molecule has 3 heteroatoms. The van der Waals surface area contributed by atoms with Crippen LogP contribution in [0.1, 0.15) is 0 Å². The second-order valence-electron chi connectivity index (χ2n) is 4.17. The highest BCUT2D eigenvalue weighted by Crippen LogP contribution is 2.27. The van der Waals surface area contributed by atoms with Crippen molar-refractivity contribution >= 4 is 16.6 Å². The molecule has 1 aromatic heterocycles. The Hall–Kier alpha value is -2.29. The number of benzene rings is 2. The molecule has 0 saturated carbocycles. The van der Waals surface area contributed by atoms with Crippen LogP contribution in [0.25, 0.3) is 22.0 Å². The first kappa shape index (κ1) is 9.90. The van der Waals surface area contributed by atoms with Crippen molar-refractivity contribution in [3.05, 3.63) is 48.7 Å². The third-order valence-electron chi connectivity index (χ3n) is 2.87. The molecular formula is C14H13N3. The lowest BCUT2D eigenvalue weighted by molar-refractivity contribution is 0.780. The summed E-state index contributed by atoms with van der Waals surface area (Å²) in [4.78, 5) is 0. The highest BCUT2D eigenvalue weighted by Gasteiger charge is 2.06. The fourth-order valence-electron chi connectivity index (χ4n) is 2.06.